The number of rotatable bonds is 4. The van der Waals surface area contributed by atoms with Crippen LogP contribution >= 0.6 is 11.6 Å². The molecule has 2 aromatic heterocycles. The van der Waals surface area contributed by atoms with Crippen molar-refractivity contribution in [2.24, 2.45) is 5.41 Å². The smallest absolute Gasteiger partial charge is 0.410 e. The van der Waals surface area contributed by atoms with Crippen molar-refractivity contribution in [3.8, 4) is 17.3 Å². The summed E-state index contributed by atoms with van der Waals surface area (Å²) in [5.41, 5.74) is 7.85. The fraction of sp³-hybridized carbons (Fsp3) is 0.462. The number of nitrogen functional groups attached to an aromatic ring is 1. The zero-order valence-electron chi connectivity index (χ0n) is 21.0. The number of hydrogen-bond donors (Lipinski definition) is 1. The topological polar surface area (TPSA) is 115 Å². The Bertz CT molecular complexity index is 1390. The van der Waals surface area contributed by atoms with Crippen molar-refractivity contribution < 1.29 is 13.9 Å². The lowest BCUT2D eigenvalue weighted by atomic mass is 9.65. The van der Waals surface area contributed by atoms with Gasteiger partial charge >= 0.3 is 6.09 Å². The highest BCUT2D eigenvalue weighted by atomic mass is 35.5. The molecule has 1 saturated carbocycles. The van der Waals surface area contributed by atoms with Gasteiger partial charge in [0, 0.05) is 24.8 Å². The number of amides is 1. The minimum Gasteiger partial charge on any atom is -0.444 e. The molecule has 37 heavy (non-hydrogen) atoms. The van der Waals surface area contributed by atoms with Crippen molar-refractivity contribution in [2.45, 2.75) is 58.2 Å². The minimum atomic E-state index is -0.528. The zero-order chi connectivity index (χ0) is 26.5. The van der Waals surface area contributed by atoms with Crippen LogP contribution in [0.25, 0.3) is 11.3 Å². The van der Waals surface area contributed by atoms with Gasteiger partial charge in [0.05, 0.1) is 23.8 Å². The summed E-state index contributed by atoms with van der Waals surface area (Å²) in [7, 11) is 0. The van der Waals surface area contributed by atoms with Gasteiger partial charge in [-0.05, 0) is 57.1 Å². The Balaban J connectivity index is 1.30. The van der Waals surface area contributed by atoms with Crippen LogP contribution in [0, 0.1) is 22.6 Å². The predicted molar refractivity (Wildman–Crippen MR) is 136 cm³/mol. The predicted octanol–water partition coefficient (Wildman–Crippen LogP) is 5.00. The van der Waals surface area contributed by atoms with Gasteiger partial charge in [-0.3, -0.25) is 4.68 Å². The van der Waals surface area contributed by atoms with E-state index in [0.717, 1.165) is 19.3 Å². The third kappa shape index (κ3) is 4.76. The molecule has 1 saturated heterocycles. The number of anilines is 1. The standard InChI is InChI=1S/C26H29ClFN7O2/c1-25(2,3)37-24(36)33-8-7-26(15-33)9-18(10-26)35-23(30)19(11-29)22(32-35)17-12-31-34(14-17)13-16-5-4-6-20(28)21(16)27/h4-6,12,14,18H,7-10,13,15,30H2,1-3H3. The highest BCUT2D eigenvalue weighted by Gasteiger charge is 2.51. The Labute approximate surface area is 219 Å². The van der Waals surface area contributed by atoms with Crippen LogP contribution in [0.2, 0.25) is 5.02 Å². The maximum atomic E-state index is 13.8. The second-order valence-electron chi connectivity index (χ2n) is 11.0. The van der Waals surface area contributed by atoms with Crippen molar-refractivity contribution in [3.05, 3.63) is 52.6 Å². The van der Waals surface area contributed by atoms with Crippen LogP contribution in [-0.4, -0.2) is 49.2 Å². The average molecular weight is 526 g/mol. The molecule has 3 aromatic rings. The van der Waals surface area contributed by atoms with Crippen molar-refractivity contribution >= 4 is 23.5 Å². The van der Waals surface area contributed by atoms with Crippen LogP contribution < -0.4 is 5.73 Å². The highest BCUT2D eigenvalue weighted by Crippen LogP contribution is 2.54. The monoisotopic (exact) mass is 525 g/mol. The molecule has 0 unspecified atom stereocenters. The number of nitrogens with two attached hydrogens (primary N) is 1. The van der Waals surface area contributed by atoms with Crippen LogP contribution in [0.5, 0.6) is 0 Å². The molecule has 1 aromatic carbocycles. The quantitative estimate of drug-likeness (QED) is 0.512. The summed E-state index contributed by atoms with van der Waals surface area (Å²) in [4.78, 5) is 14.3. The number of benzene rings is 1. The van der Waals surface area contributed by atoms with E-state index < -0.39 is 11.4 Å². The first-order valence-electron chi connectivity index (χ1n) is 12.2. The molecule has 0 bridgehead atoms. The van der Waals surface area contributed by atoms with Crippen molar-refractivity contribution in [2.75, 3.05) is 18.8 Å². The van der Waals surface area contributed by atoms with E-state index in [4.69, 9.17) is 27.2 Å². The lowest BCUT2D eigenvalue weighted by Gasteiger charge is -2.45. The maximum Gasteiger partial charge on any atom is 0.410 e. The lowest BCUT2D eigenvalue weighted by molar-refractivity contribution is 0.0188. The number of carbonyl (C=O) groups is 1. The average Bonchev–Trinajstić information content (AvgIpc) is 3.52. The third-order valence-electron chi connectivity index (χ3n) is 7.10. The molecule has 0 atom stereocenters. The molecule has 0 radical (unpaired) electrons. The van der Waals surface area contributed by atoms with Gasteiger partial charge in [0.2, 0.25) is 0 Å². The Kier molecular flexibility index (Phi) is 6.15. The molecule has 2 N–H and O–H groups in total. The van der Waals surface area contributed by atoms with Crippen molar-refractivity contribution in [3.63, 3.8) is 0 Å². The third-order valence-corrected chi connectivity index (χ3v) is 7.53. The molecule has 5 rings (SSSR count). The van der Waals surface area contributed by atoms with Crippen LogP contribution in [-0.2, 0) is 11.3 Å². The van der Waals surface area contributed by atoms with Gasteiger partial charge in [-0.25, -0.2) is 13.9 Å². The molecule has 3 heterocycles. The van der Waals surface area contributed by atoms with E-state index >= 15 is 0 Å². The Hall–Kier alpha value is -3.58. The van der Waals surface area contributed by atoms with E-state index in [9.17, 15) is 14.4 Å². The van der Waals surface area contributed by atoms with Gasteiger partial charge < -0.3 is 15.4 Å². The minimum absolute atomic E-state index is 0.0159. The fourth-order valence-corrected chi connectivity index (χ4v) is 5.50. The maximum absolute atomic E-state index is 13.8. The number of aromatic nitrogens is 4. The van der Waals surface area contributed by atoms with Crippen molar-refractivity contribution in [1.29, 1.82) is 5.26 Å². The summed E-state index contributed by atoms with van der Waals surface area (Å²) in [6.07, 6.45) is 5.61. The SMILES string of the molecule is CC(C)(C)OC(=O)N1CCC2(CC(n3nc(-c4cnn(Cc5cccc(F)c5Cl)c4)c(C#N)c3N)C2)C1. The zero-order valence-corrected chi connectivity index (χ0v) is 21.8. The van der Waals surface area contributed by atoms with Crippen LogP contribution in [0.3, 0.4) is 0 Å². The molecule has 1 amide bonds. The second kappa shape index (κ2) is 9.06. The normalized spacial score (nSPS) is 21.2. The Morgan fingerprint density at radius 3 is 2.84 bits per heavy atom. The van der Waals surface area contributed by atoms with Crippen molar-refractivity contribution in [1.82, 2.24) is 24.5 Å². The van der Waals surface area contributed by atoms with E-state index in [1.807, 2.05) is 20.8 Å². The summed E-state index contributed by atoms with van der Waals surface area (Å²) in [5.74, 6) is -0.167. The van der Waals surface area contributed by atoms with Crippen LogP contribution in [0.4, 0.5) is 15.0 Å². The number of nitrogens with zero attached hydrogens (tertiary/aromatic N) is 6. The largest absolute Gasteiger partial charge is 0.444 e. The summed E-state index contributed by atoms with van der Waals surface area (Å²) in [6.45, 7) is 7.17. The van der Waals surface area contributed by atoms with Gasteiger partial charge in [0.25, 0.3) is 0 Å². The number of carbonyl (C=O) groups excluding carboxylic acids is 1. The fourth-order valence-electron chi connectivity index (χ4n) is 5.32. The summed E-state index contributed by atoms with van der Waals surface area (Å²) in [5, 5.41) is 18.9. The van der Waals surface area contributed by atoms with Crippen LogP contribution in [0.15, 0.2) is 30.6 Å². The summed E-state index contributed by atoms with van der Waals surface area (Å²) < 4.78 is 22.7. The first-order valence-corrected chi connectivity index (χ1v) is 12.6. The lowest BCUT2D eigenvalue weighted by Crippen LogP contribution is -2.43. The van der Waals surface area contributed by atoms with E-state index in [1.165, 1.54) is 6.07 Å². The number of halogens is 2. The summed E-state index contributed by atoms with van der Waals surface area (Å²) in [6, 6.07) is 6.86. The van der Waals surface area contributed by atoms with E-state index in [0.29, 0.717) is 41.3 Å². The van der Waals surface area contributed by atoms with Gasteiger partial charge in [0.1, 0.15) is 34.6 Å². The molecule has 11 heteroatoms. The molecule has 1 aliphatic carbocycles. The number of hydrogen-bond acceptors (Lipinski definition) is 6. The molecule has 2 aliphatic rings. The molecular formula is C26H29ClFN7O2. The molecule has 9 nitrogen and oxygen atoms in total. The number of nitriles is 1. The van der Waals surface area contributed by atoms with E-state index in [-0.39, 0.29) is 29.1 Å². The molecule has 2 fully saturated rings. The van der Waals surface area contributed by atoms with Crippen LogP contribution in [0.1, 0.15) is 57.2 Å². The number of ether oxygens (including phenoxy) is 1. The highest BCUT2D eigenvalue weighted by molar-refractivity contribution is 6.31. The first-order chi connectivity index (χ1) is 17.5. The van der Waals surface area contributed by atoms with Gasteiger partial charge in [-0.2, -0.15) is 15.5 Å². The van der Waals surface area contributed by atoms with Gasteiger partial charge in [-0.1, -0.05) is 23.7 Å². The second-order valence-corrected chi connectivity index (χ2v) is 11.4. The Morgan fingerprint density at radius 1 is 1.38 bits per heavy atom. The number of likely N-dealkylation sites (tertiary alicyclic amines) is 1. The first kappa shape index (κ1) is 25.1. The summed E-state index contributed by atoms with van der Waals surface area (Å²) >= 11 is 6.08. The molecule has 194 valence electrons. The van der Waals surface area contributed by atoms with Gasteiger partial charge in [-0.15, -0.1) is 0 Å². The Morgan fingerprint density at radius 2 is 2.14 bits per heavy atom. The van der Waals surface area contributed by atoms with E-state index in [1.54, 1.807) is 38.8 Å². The molecule has 1 spiro atoms. The van der Waals surface area contributed by atoms with E-state index in [2.05, 4.69) is 11.2 Å². The molecular weight excluding hydrogens is 497 g/mol. The van der Waals surface area contributed by atoms with Gasteiger partial charge in [0.15, 0.2) is 0 Å². The molecule has 1 aliphatic heterocycles.